The van der Waals surface area contributed by atoms with E-state index in [4.69, 9.17) is 9.84 Å². The number of amides is 2. The van der Waals surface area contributed by atoms with Crippen LogP contribution in [0.1, 0.15) is 20.8 Å². The van der Waals surface area contributed by atoms with Crippen molar-refractivity contribution in [2.24, 2.45) is 5.92 Å². The predicted molar refractivity (Wildman–Crippen MR) is 68.5 cm³/mol. The highest BCUT2D eigenvalue weighted by molar-refractivity contribution is 5.76. The molecule has 0 aliphatic heterocycles. The minimum atomic E-state index is -0.900. The summed E-state index contributed by atoms with van der Waals surface area (Å²) >= 11 is 0. The van der Waals surface area contributed by atoms with Crippen LogP contribution in [0.15, 0.2) is 0 Å². The third kappa shape index (κ3) is 5.35. The number of nitrogens with zero attached hydrogens (tertiary/aromatic N) is 2. The molecule has 0 aromatic rings. The van der Waals surface area contributed by atoms with E-state index in [-0.39, 0.29) is 18.6 Å². The second-order valence-corrected chi connectivity index (χ2v) is 4.68. The maximum Gasteiger partial charge on any atom is 0.320 e. The molecule has 0 rings (SSSR count). The molecule has 1 atom stereocenters. The first-order chi connectivity index (χ1) is 8.31. The molecule has 0 aromatic carbocycles. The lowest BCUT2D eigenvalue weighted by atomic mass is 10.2. The second kappa shape index (κ2) is 7.92. The van der Waals surface area contributed by atoms with Crippen molar-refractivity contribution in [3.05, 3.63) is 0 Å². The number of carboxylic acid groups (broad SMARTS) is 1. The van der Waals surface area contributed by atoms with Crippen molar-refractivity contribution in [2.45, 2.75) is 26.8 Å². The van der Waals surface area contributed by atoms with Crippen LogP contribution in [0.4, 0.5) is 4.79 Å². The highest BCUT2D eigenvalue weighted by Crippen LogP contribution is 2.06. The van der Waals surface area contributed by atoms with E-state index >= 15 is 0 Å². The third-order valence-corrected chi connectivity index (χ3v) is 2.70. The summed E-state index contributed by atoms with van der Waals surface area (Å²) in [6.07, 6.45) is 0. The molecule has 0 bridgehead atoms. The molecule has 0 aliphatic carbocycles. The van der Waals surface area contributed by atoms with E-state index in [0.717, 1.165) is 0 Å². The van der Waals surface area contributed by atoms with Crippen LogP contribution in [0, 0.1) is 5.92 Å². The molecule has 0 aliphatic rings. The van der Waals surface area contributed by atoms with Gasteiger partial charge in [-0.15, -0.1) is 0 Å². The Labute approximate surface area is 109 Å². The Morgan fingerprint density at radius 2 is 1.83 bits per heavy atom. The van der Waals surface area contributed by atoms with Crippen LogP contribution in [0.2, 0.25) is 0 Å². The number of aliphatic carboxylic acids is 1. The van der Waals surface area contributed by atoms with Crippen LogP contribution in [0.5, 0.6) is 0 Å². The van der Waals surface area contributed by atoms with Gasteiger partial charge in [-0.2, -0.15) is 0 Å². The summed E-state index contributed by atoms with van der Waals surface area (Å²) in [6, 6.07) is -0.120. The summed E-state index contributed by atoms with van der Waals surface area (Å²) in [5.74, 6) is -1.47. The van der Waals surface area contributed by atoms with Crippen molar-refractivity contribution in [2.75, 3.05) is 33.9 Å². The number of ether oxygens (including phenoxy) is 1. The van der Waals surface area contributed by atoms with E-state index < -0.39 is 11.9 Å². The van der Waals surface area contributed by atoms with Gasteiger partial charge in [-0.05, 0) is 13.8 Å². The zero-order valence-electron chi connectivity index (χ0n) is 11.8. The van der Waals surface area contributed by atoms with Crippen LogP contribution in [0.3, 0.4) is 0 Å². The predicted octanol–water partition coefficient (Wildman–Crippen LogP) is 1.12. The molecule has 0 heterocycles. The summed E-state index contributed by atoms with van der Waals surface area (Å²) in [6.45, 7) is 6.58. The van der Waals surface area contributed by atoms with E-state index in [1.54, 1.807) is 26.0 Å². The van der Waals surface area contributed by atoms with E-state index in [2.05, 4.69) is 0 Å². The summed E-state index contributed by atoms with van der Waals surface area (Å²) in [5.41, 5.74) is 0. The average Bonchev–Trinajstić information content (AvgIpc) is 2.28. The monoisotopic (exact) mass is 260 g/mol. The quantitative estimate of drug-likeness (QED) is 0.744. The minimum Gasteiger partial charge on any atom is -0.481 e. The van der Waals surface area contributed by atoms with Crippen LogP contribution in [-0.2, 0) is 9.53 Å². The SMILES string of the molecule is COCCN(C(=O)N(C)CC(C)C(=O)O)C(C)C. The number of carboxylic acids is 1. The molecule has 6 nitrogen and oxygen atoms in total. The summed E-state index contributed by atoms with van der Waals surface area (Å²) in [7, 11) is 3.20. The van der Waals surface area contributed by atoms with Gasteiger partial charge in [-0.25, -0.2) is 4.79 Å². The van der Waals surface area contributed by atoms with Crippen molar-refractivity contribution in [1.29, 1.82) is 0 Å². The molecule has 0 saturated carbocycles. The Bertz CT molecular complexity index is 281. The summed E-state index contributed by atoms with van der Waals surface area (Å²) in [5, 5.41) is 8.83. The van der Waals surface area contributed by atoms with Crippen molar-refractivity contribution in [3.8, 4) is 0 Å². The number of urea groups is 1. The number of methoxy groups -OCH3 is 1. The van der Waals surface area contributed by atoms with Crippen LogP contribution >= 0.6 is 0 Å². The Morgan fingerprint density at radius 3 is 2.22 bits per heavy atom. The van der Waals surface area contributed by atoms with Gasteiger partial charge in [-0.1, -0.05) is 6.92 Å². The lowest BCUT2D eigenvalue weighted by Gasteiger charge is -2.31. The van der Waals surface area contributed by atoms with Gasteiger partial charge in [0.2, 0.25) is 0 Å². The fourth-order valence-electron chi connectivity index (χ4n) is 1.55. The molecule has 0 spiro atoms. The van der Waals surface area contributed by atoms with Gasteiger partial charge in [0.1, 0.15) is 0 Å². The van der Waals surface area contributed by atoms with Crippen molar-refractivity contribution < 1.29 is 19.4 Å². The molecule has 0 fully saturated rings. The van der Waals surface area contributed by atoms with Gasteiger partial charge in [0.15, 0.2) is 0 Å². The Morgan fingerprint density at radius 1 is 1.28 bits per heavy atom. The number of carbonyl (C=O) groups is 2. The molecule has 2 amide bonds. The fraction of sp³-hybridized carbons (Fsp3) is 0.833. The smallest absolute Gasteiger partial charge is 0.320 e. The zero-order chi connectivity index (χ0) is 14.3. The van der Waals surface area contributed by atoms with E-state index in [1.807, 2.05) is 13.8 Å². The highest BCUT2D eigenvalue weighted by Gasteiger charge is 2.23. The second-order valence-electron chi connectivity index (χ2n) is 4.68. The highest BCUT2D eigenvalue weighted by atomic mass is 16.5. The average molecular weight is 260 g/mol. The Balaban J connectivity index is 4.51. The van der Waals surface area contributed by atoms with Gasteiger partial charge >= 0.3 is 12.0 Å². The first-order valence-corrected chi connectivity index (χ1v) is 6.04. The molecule has 0 saturated heterocycles. The molecule has 1 unspecified atom stereocenters. The van der Waals surface area contributed by atoms with Crippen LogP contribution in [0.25, 0.3) is 0 Å². The molecule has 18 heavy (non-hydrogen) atoms. The number of carbonyl (C=O) groups excluding carboxylic acids is 1. The van der Waals surface area contributed by atoms with Gasteiger partial charge in [0, 0.05) is 33.3 Å². The molecule has 0 aromatic heterocycles. The summed E-state index contributed by atoms with van der Waals surface area (Å²) in [4.78, 5) is 26.0. The fourth-order valence-corrected chi connectivity index (χ4v) is 1.55. The van der Waals surface area contributed by atoms with E-state index in [1.165, 1.54) is 4.90 Å². The summed E-state index contributed by atoms with van der Waals surface area (Å²) < 4.78 is 4.97. The van der Waals surface area contributed by atoms with Gasteiger partial charge < -0.3 is 19.6 Å². The van der Waals surface area contributed by atoms with Gasteiger partial charge in [0.05, 0.1) is 12.5 Å². The molecular weight excluding hydrogens is 236 g/mol. The van der Waals surface area contributed by atoms with Crippen molar-refractivity contribution >= 4 is 12.0 Å². The first-order valence-electron chi connectivity index (χ1n) is 6.04. The topological polar surface area (TPSA) is 70.1 Å². The van der Waals surface area contributed by atoms with Crippen molar-refractivity contribution in [1.82, 2.24) is 9.80 Å². The zero-order valence-corrected chi connectivity index (χ0v) is 11.8. The van der Waals surface area contributed by atoms with E-state index in [9.17, 15) is 9.59 Å². The Kier molecular flexibility index (Phi) is 7.35. The molecule has 0 radical (unpaired) electrons. The maximum atomic E-state index is 12.2. The minimum absolute atomic E-state index is 0.0511. The third-order valence-electron chi connectivity index (χ3n) is 2.70. The number of hydrogen-bond donors (Lipinski definition) is 1. The molecule has 106 valence electrons. The lowest BCUT2D eigenvalue weighted by molar-refractivity contribution is -0.141. The van der Waals surface area contributed by atoms with Crippen molar-refractivity contribution in [3.63, 3.8) is 0 Å². The lowest BCUT2D eigenvalue weighted by Crippen LogP contribution is -2.47. The largest absolute Gasteiger partial charge is 0.481 e. The molecular formula is C12H24N2O4. The Hall–Kier alpha value is -1.30. The first kappa shape index (κ1) is 16.7. The van der Waals surface area contributed by atoms with E-state index in [0.29, 0.717) is 13.2 Å². The van der Waals surface area contributed by atoms with Crippen LogP contribution in [-0.4, -0.2) is 66.8 Å². The standard InChI is InChI=1S/C12H24N2O4/c1-9(2)14(6-7-18-5)12(17)13(4)8-10(3)11(15)16/h9-10H,6-8H2,1-5H3,(H,15,16). The van der Waals surface area contributed by atoms with Gasteiger partial charge in [-0.3, -0.25) is 4.79 Å². The number of hydrogen-bond acceptors (Lipinski definition) is 3. The normalized spacial score (nSPS) is 12.3. The van der Waals surface area contributed by atoms with Crippen LogP contribution < -0.4 is 0 Å². The number of rotatable bonds is 7. The molecule has 1 N–H and O–H groups in total. The maximum absolute atomic E-state index is 12.2. The molecule has 6 heteroatoms. The van der Waals surface area contributed by atoms with Gasteiger partial charge in [0.25, 0.3) is 0 Å².